The molecule has 1 aliphatic rings. The normalized spacial score (nSPS) is 14.4. The number of ether oxygens (including phenoxy) is 2. The Morgan fingerprint density at radius 3 is 2.52 bits per heavy atom. The van der Waals surface area contributed by atoms with Crippen LogP contribution >= 0.6 is 0 Å². The molecule has 1 saturated heterocycles. The van der Waals surface area contributed by atoms with E-state index in [1.807, 2.05) is 0 Å². The lowest BCUT2D eigenvalue weighted by atomic mass is 10.1. The molecule has 1 fully saturated rings. The number of likely N-dealkylation sites (tertiary alicyclic amines) is 1. The Bertz CT molecular complexity index is 961. The van der Waals surface area contributed by atoms with Gasteiger partial charge in [-0.2, -0.15) is 0 Å². The first-order chi connectivity index (χ1) is 13.7. The molecule has 1 aliphatic heterocycles. The van der Waals surface area contributed by atoms with Crippen molar-refractivity contribution in [3.8, 4) is 11.5 Å². The van der Waals surface area contributed by atoms with Crippen molar-refractivity contribution >= 4 is 21.8 Å². The number of H-pyrrole nitrogens is 1. The van der Waals surface area contributed by atoms with Crippen LogP contribution in [0.2, 0.25) is 0 Å². The van der Waals surface area contributed by atoms with Crippen molar-refractivity contribution in [1.29, 1.82) is 0 Å². The number of fused-ring (bicyclic) bond motifs is 3. The number of nitrogens with zero attached hydrogens (tertiary/aromatic N) is 2. The van der Waals surface area contributed by atoms with Gasteiger partial charge in [0.2, 0.25) is 0 Å². The molecule has 0 bridgehead atoms. The number of aromatic nitrogens is 2. The molecule has 3 aromatic rings. The van der Waals surface area contributed by atoms with E-state index < -0.39 is 0 Å². The van der Waals surface area contributed by atoms with Gasteiger partial charge < -0.3 is 25.5 Å². The second-order valence-electron chi connectivity index (χ2n) is 7.61. The lowest BCUT2D eigenvalue weighted by molar-refractivity contribution is 0.254. The molecule has 2 aromatic heterocycles. The van der Waals surface area contributed by atoms with E-state index >= 15 is 0 Å². The molecule has 6 heteroatoms. The lowest BCUT2D eigenvalue weighted by Gasteiger charge is -2.15. The summed E-state index contributed by atoms with van der Waals surface area (Å²) in [4.78, 5) is 10.9. The number of aromatic amines is 1. The minimum absolute atomic E-state index is 0. The van der Waals surface area contributed by atoms with Crippen molar-refractivity contribution in [2.45, 2.75) is 46.0 Å². The maximum atomic E-state index is 6.11. The largest absolute Gasteiger partial charge is 0.493 e. The van der Waals surface area contributed by atoms with Crippen molar-refractivity contribution in [3.05, 3.63) is 29.6 Å². The van der Waals surface area contributed by atoms with Crippen LogP contribution in [0.4, 0.5) is 0 Å². The standard InChI is InChI=1S/C23H31N3O2.H3N/c1-4-16-13-20-23(18(5-2)24-16)17-14-21(27-3)22(15-19(17)25-20)28-12-8-11-26-9-6-7-10-26;/h13-15,25H,4-12H2,1-3H3;1H3. The van der Waals surface area contributed by atoms with Crippen LogP contribution < -0.4 is 15.6 Å². The van der Waals surface area contributed by atoms with E-state index in [-0.39, 0.29) is 6.15 Å². The smallest absolute Gasteiger partial charge is 0.163 e. The molecule has 29 heavy (non-hydrogen) atoms. The molecule has 1 aromatic carbocycles. The van der Waals surface area contributed by atoms with Crippen LogP contribution in [-0.2, 0) is 12.8 Å². The molecule has 0 aliphatic carbocycles. The quantitative estimate of drug-likeness (QED) is 0.528. The zero-order chi connectivity index (χ0) is 19.5. The average Bonchev–Trinajstić information content (AvgIpc) is 3.36. The van der Waals surface area contributed by atoms with E-state index in [1.54, 1.807) is 7.11 Å². The number of benzene rings is 1. The highest BCUT2D eigenvalue weighted by Crippen LogP contribution is 2.37. The zero-order valence-corrected chi connectivity index (χ0v) is 18.0. The minimum Gasteiger partial charge on any atom is -0.493 e. The number of hydrogen-bond acceptors (Lipinski definition) is 5. The van der Waals surface area contributed by atoms with E-state index in [9.17, 15) is 0 Å². The molecule has 158 valence electrons. The Morgan fingerprint density at radius 1 is 1.03 bits per heavy atom. The summed E-state index contributed by atoms with van der Waals surface area (Å²) in [6, 6.07) is 6.34. The number of rotatable bonds is 8. The van der Waals surface area contributed by atoms with Crippen molar-refractivity contribution in [2.24, 2.45) is 0 Å². The molecule has 0 atom stereocenters. The van der Waals surface area contributed by atoms with Gasteiger partial charge in [0.25, 0.3) is 0 Å². The summed E-state index contributed by atoms with van der Waals surface area (Å²) in [7, 11) is 1.71. The summed E-state index contributed by atoms with van der Waals surface area (Å²) in [5.41, 5.74) is 4.49. The van der Waals surface area contributed by atoms with Crippen LogP contribution in [0.5, 0.6) is 11.5 Å². The van der Waals surface area contributed by atoms with Crippen LogP contribution in [0.15, 0.2) is 18.2 Å². The highest BCUT2D eigenvalue weighted by atomic mass is 16.5. The topological polar surface area (TPSA) is 85.4 Å². The SMILES string of the molecule is CCc1cc2[nH]c3cc(OCCCN4CCCC4)c(OC)cc3c2c(CC)n1.N. The van der Waals surface area contributed by atoms with Crippen molar-refractivity contribution in [2.75, 3.05) is 33.4 Å². The molecular weight excluding hydrogens is 364 g/mol. The summed E-state index contributed by atoms with van der Waals surface area (Å²) < 4.78 is 11.8. The third-order valence-electron chi connectivity index (χ3n) is 5.76. The third kappa shape index (κ3) is 4.33. The van der Waals surface area contributed by atoms with E-state index in [0.717, 1.165) is 65.1 Å². The van der Waals surface area contributed by atoms with Gasteiger partial charge in [-0.05, 0) is 57.3 Å². The summed E-state index contributed by atoms with van der Waals surface area (Å²) in [6.45, 7) is 8.60. The van der Waals surface area contributed by atoms with E-state index in [2.05, 4.69) is 41.9 Å². The van der Waals surface area contributed by atoms with Crippen LogP contribution in [0.1, 0.15) is 44.5 Å². The lowest BCUT2D eigenvalue weighted by Crippen LogP contribution is -2.21. The van der Waals surface area contributed by atoms with E-state index in [4.69, 9.17) is 14.5 Å². The molecule has 0 radical (unpaired) electrons. The van der Waals surface area contributed by atoms with Gasteiger partial charge in [0.05, 0.1) is 30.4 Å². The first-order valence-corrected chi connectivity index (χ1v) is 10.6. The fraction of sp³-hybridized carbons (Fsp3) is 0.522. The van der Waals surface area contributed by atoms with E-state index in [0.29, 0.717) is 6.61 Å². The molecule has 0 amide bonds. The summed E-state index contributed by atoms with van der Waals surface area (Å²) in [6.07, 6.45) is 5.55. The maximum Gasteiger partial charge on any atom is 0.163 e. The van der Waals surface area contributed by atoms with Crippen LogP contribution in [0, 0.1) is 0 Å². The Balaban J connectivity index is 0.00000240. The number of hydrogen-bond donors (Lipinski definition) is 2. The molecule has 6 nitrogen and oxygen atoms in total. The molecule has 4 rings (SSSR count). The summed E-state index contributed by atoms with van der Waals surface area (Å²) in [5, 5.41) is 2.36. The first kappa shape index (κ1) is 21.4. The monoisotopic (exact) mass is 398 g/mol. The number of aryl methyl sites for hydroxylation is 2. The van der Waals surface area contributed by atoms with Gasteiger partial charge in [-0.3, -0.25) is 4.98 Å². The number of pyridine rings is 1. The molecule has 4 N–H and O–H groups in total. The Hall–Kier alpha value is -2.31. The van der Waals surface area contributed by atoms with Gasteiger partial charge in [-0.1, -0.05) is 13.8 Å². The van der Waals surface area contributed by atoms with Crippen molar-refractivity contribution in [1.82, 2.24) is 21.0 Å². The minimum atomic E-state index is 0. The second-order valence-corrected chi connectivity index (χ2v) is 7.61. The van der Waals surface area contributed by atoms with Crippen LogP contribution in [0.25, 0.3) is 21.8 Å². The maximum absolute atomic E-state index is 6.11. The third-order valence-corrected chi connectivity index (χ3v) is 5.76. The Labute approximate surface area is 173 Å². The molecule has 0 spiro atoms. The van der Waals surface area contributed by atoms with Gasteiger partial charge >= 0.3 is 0 Å². The number of methoxy groups -OCH3 is 1. The van der Waals surface area contributed by atoms with Crippen molar-refractivity contribution in [3.63, 3.8) is 0 Å². The van der Waals surface area contributed by atoms with Gasteiger partial charge in [-0.15, -0.1) is 0 Å². The van der Waals surface area contributed by atoms with Gasteiger partial charge in [0.15, 0.2) is 11.5 Å². The van der Waals surface area contributed by atoms with Gasteiger partial charge in [0.1, 0.15) is 0 Å². The fourth-order valence-corrected chi connectivity index (χ4v) is 4.26. The average molecular weight is 399 g/mol. The van der Waals surface area contributed by atoms with Crippen LogP contribution in [-0.4, -0.2) is 48.2 Å². The molecular formula is C23H34N4O2. The molecule has 0 saturated carbocycles. The van der Waals surface area contributed by atoms with E-state index in [1.165, 1.54) is 31.3 Å². The highest BCUT2D eigenvalue weighted by Gasteiger charge is 2.16. The predicted molar refractivity (Wildman–Crippen MR) is 120 cm³/mol. The highest BCUT2D eigenvalue weighted by molar-refractivity contribution is 6.09. The number of nitrogens with one attached hydrogen (secondary N) is 1. The Morgan fingerprint density at radius 2 is 1.83 bits per heavy atom. The first-order valence-electron chi connectivity index (χ1n) is 10.6. The zero-order valence-electron chi connectivity index (χ0n) is 18.0. The summed E-state index contributed by atoms with van der Waals surface area (Å²) in [5.74, 6) is 1.60. The molecule has 0 unspecified atom stereocenters. The van der Waals surface area contributed by atoms with Crippen LogP contribution in [0.3, 0.4) is 0 Å². The van der Waals surface area contributed by atoms with Gasteiger partial charge in [-0.25, -0.2) is 0 Å². The van der Waals surface area contributed by atoms with Crippen molar-refractivity contribution < 1.29 is 9.47 Å². The second kappa shape index (κ2) is 9.46. The Kier molecular flexibility index (Phi) is 6.98. The summed E-state index contributed by atoms with van der Waals surface area (Å²) >= 11 is 0. The molecule has 3 heterocycles. The predicted octanol–water partition coefficient (Wildman–Crippen LogP) is 4.88. The fourth-order valence-electron chi connectivity index (χ4n) is 4.26. The van der Waals surface area contributed by atoms with Gasteiger partial charge in [0, 0.05) is 29.1 Å².